The van der Waals surface area contributed by atoms with Crippen LogP contribution in [0.3, 0.4) is 0 Å². The second kappa shape index (κ2) is 13.7. The van der Waals surface area contributed by atoms with E-state index < -0.39 is 16.2 Å². The molecule has 0 bridgehead atoms. The standard InChI is InChI=1S/C32H36N4O7S2/c1-5-7-15-36(45(39,40)16-8-6-2)22-10-14-28-25(18-22)30(24-12-11-23(41-3)19-29(24)42-4)31(43-32(37)38)35(28)20-21-9-13-26-27(17-21)34-44-33-26/h9-14,17-19H,5-8,15-16,20H2,1-4H3,(H,37,38). The van der Waals surface area contributed by atoms with E-state index in [0.29, 0.717) is 58.6 Å². The van der Waals surface area contributed by atoms with E-state index in [1.165, 1.54) is 11.4 Å². The van der Waals surface area contributed by atoms with Gasteiger partial charge in [-0.05, 0) is 60.9 Å². The molecular formula is C32H36N4O7S2. The molecule has 11 nitrogen and oxygen atoms in total. The van der Waals surface area contributed by atoms with E-state index in [-0.39, 0.29) is 18.2 Å². The summed E-state index contributed by atoms with van der Waals surface area (Å²) in [7, 11) is -0.552. The Bertz CT molecular complexity index is 1930. The second-order valence-electron chi connectivity index (χ2n) is 10.6. The number of hydrogen-bond acceptors (Lipinski definition) is 9. The Hall–Kier alpha value is -4.36. The molecule has 0 saturated heterocycles. The largest absolute Gasteiger partial charge is 0.512 e. The third-order valence-corrected chi connectivity index (χ3v) is 10.0. The number of carboxylic acid groups (broad SMARTS) is 1. The molecule has 2 heterocycles. The average molecular weight is 653 g/mol. The summed E-state index contributed by atoms with van der Waals surface area (Å²) in [6, 6.07) is 16.3. The minimum Gasteiger partial charge on any atom is -0.497 e. The van der Waals surface area contributed by atoms with Crippen LogP contribution in [0.5, 0.6) is 17.4 Å². The fourth-order valence-electron chi connectivity index (χ4n) is 5.36. The predicted molar refractivity (Wildman–Crippen MR) is 177 cm³/mol. The third-order valence-electron chi connectivity index (χ3n) is 7.61. The van der Waals surface area contributed by atoms with Crippen LogP contribution in [-0.4, -0.2) is 59.5 Å². The molecule has 5 aromatic rings. The van der Waals surface area contributed by atoms with Crippen LogP contribution in [-0.2, 0) is 16.6 Å². The zero-order chi connectivity index (χ0) is 32.1. The van der Waals surface area contributed by atoms with E-state index in [4.69, 9.17) is 14.2 Å². The van der Waals surface area contributed by atoms with Gasteiger partial charge in [0, 0.05) is 23.6 Å². The van der Waals surface area contributed by atoms with E-state index in [1.54, 1.807) is 42.0 Å². The Morgan fingerprint density at radius 2 is 1.73 bits per heavy atom. The van der Waals surface area contributed by atoms with Crippen molar-refractivity contribution in [1.82, 2.24) is 13.3 Å². The Labute approximate surface area is 266 Å². The maximum Gasteiger partial charge on any atom is 0.512 e. The number of anilines is 1. The van der Waals surface area contributed by atoms with Gasteiger partial charge in [0.05, 0.1) is 55.0 Å². The minimum atomic E-state index is -3.62. The van der Waals surface area contributed by atoms with Gasteiger partial charge in [-0.1, -0.05) is 32.8 Å². The number of benzene rings is 3. The summed E-state index contributed by atoms with van der Waals surface area (Å²) in [6.07, 6.45) is 1.32. The molecule has 0 aliphatic heterocycles. The lowest BCUT2D eigenvalue weighted by Gasteiger charge is -2.24. The van der Waals surface area contributed by atoms with Gasteiger partial charge in [0.15, 0.2) is 0 Å². The molecular weight excluding hydrogens is 617 g/mol. The number of carbonyl (C=O) groups is 1. The highest BCUT2D eigenvalue weighted by molar-refractivity contribution is 7.92. The normalized spacial score (nSPS) is 11.6. The van der Waals surface area contributed by atoms with Gasteiger partial charge in [0.25, 0.3) is 0 Å². The second-order valence-corrected chi connectivity index (χ2v) is 13.1. The summed E-state index contributed by atoms with van der Waals surface area (Å²) < 4.78 is 55.7. The molecule has 13 heteroatoms. The Kier molecular flexibility index (Phi) is 9.78. The van der Waals surface area contributed by atoms with Gasteiger partial charge < -0.3 is 23.9 Å². The van der Waals surface area contributed by atoms with Gasteiger partial charge >= 0.3 is 6.16 Å². The number of methoxy groups -OCH3 is 2. The van der Waals surface area contributed by atoms with Crippen LogP contribution >= 0.6 is 11.7 Å². The minimum absolute atomic E-state index is 0.0345. The molecule has 0 radical (unpaired) electrons. The molecule has 0 atom stereocenters. The van der Waals surface area contributed by atoms with Crippen LogP contribution in [0.2, 0.25) is 0 Å². The van der Waals surface area contributed by atoms with Crippen molar-refractivity contribution in [3.63, 3.8) is 0 Å². The first-order chi connectivity index (χ1) is 21.7. The Morgan fingerprint density at radius 3 is 2.44 bits per heavy atom. The fourth-order valence-corrected chi connectivity index (χ4v) is 7.59. The molecule has 0 amide bonds. The van der Waals surface area contributed by atoms with Crippen molar-refractivity contribution in [3.8, 4) is 28.5 Å². The average Bonchev–Trinajstić information content (AvgIpc) is 3.61. The molecule has 0 saturated carbocycles. The number of hydrogen-bond donors (Lipinski definition) is 1. The van der Waals surface area contributed by atoms with E-state index >= 15 is 0 Å². The van der Waals surface area contributed by atoms with E-state index in [9.17, 15) is 18.3 Å². The summed E-state index contributed by atoms with van der Waals surface area (Å²) in [5.41, 5.74) is 4.52. The molecule has 2 aromatic heterocycles. The van der Waals surface area contributed by atoms with Crippen LogP contribution in [0.4, 0.5) is 10.5 Å². The molecule has 3 aromatic carbocycles. The maximum absolute atomic E-state index is 13.6. The number of sulfonamides is 1. The van der Waals surface area contributed by atoms with Crippen molar-refractivity contribution in [2.24, 2.45) is 0 Å². The molecule has 1 N–H and O–H groups in total. The Morgan fingerprint density at radius 1 is 0.956 bits per heavy atom. The number of rotatable bonds is 14. The molecule has 45 heavy (non-hydrogen) atoms. The van der Waals surface area contributed by atoms with Gasteiger partial charge in [-0.3, -0.25) is 4.31 Å². The Balaban J connectivity index is 1.79. The first kappa shape index (κ1) is 32.0. The van der Waals surface area contributed by atoms with Crippen LogP contribution in [0, 0.1) is 0 Å². The SMILES string of the molecule is CCCCN(c1ccc2c(c1)c(-c1ccc(OC)cc1OC)c(OC(=O)O)n2Cc1ccc2nsnc2c1)S(=O)(=O)CCCC. The predicted octanol–water partition coefficient (Wildman–Crippen LogP) is 7.17. The van der Waals surface area contributed by atoms with Crippen LogP contribution < -0.4 is 18.5 Å². The van der Waals surface area contributed by atoms with Gasteiger partial charge in [-0.2, -0.15) is 8.75 Å². The highest BCUT2D eigenvalue weighted by Gasteiger charge is 2.28. The van der Waals surface area contributed by atoms with Crippen molar-refractivity contribution >= 4 is 55.5 Å². The summed E-state index contributed by atoms with van der Waals surface area (Å²) >= 11 is 1.12. The molecule has 0 spiro atoms. The maximum atomic E-state index is 13.6. The summed E-state index contributed by atoms with van der Waals surface area (Å²) in [4.78, 5) is 12.2. The number of fused-ring (bicyclic) bond motifs is 2. The van der Waals surface area contributed by atoms with Gasteiger partial charge in [0.1, 0.15) is 22.5 Å². The molecule has 0 fully saturated rings. The highest BCUT2D eigenvalue weighted by Crippen LogP contribution is 2.46. The monoisotopic (exact) mass is 652 g/mol. The van der Waals surface area contributed by atoms with Crippen molar-refractivity contribution in [2.45, 2.75) is 46.1 Å². The number of aromatic nitrogens is 3. The number of nitrogens with zero attached hydrogens (tertiary/aromatic N) is 4. The number of unbranched alkanes of at least 4 members (excludes halogenated alkanes) is 2. The zero-order valence-electron chi connectivity index (χ0n) is 25.6. The van der Waals surface area contributed by atoms with Crippen molar-refractivity contribution in [1.29, 1.82) is 0 Å². The third kappa shape index (κ3) is 6.69. The van der Waals surface area contributed by atoms with Crippen molar-refractivity contribution in [3.05, 3.63) is 60.2 Å². The first-order valence-corrected chi connectivity index (χ1v) is 17.1. The van der Waals surface area contributed by atoms with E-state index in [0.717, 1.165) is 41.2 Å². The summed E-state index contributed by atoms with van der Waals surface area (Å²) in [6.45, 7) is 4.56. The van der Waals surface area contributed by atoms with Crippen LogP contribution in [0.25, 0.3) is 33.1 Å². The van der Waals surface area contributed by atoms with Crippen LogP contribution in [0.1, 0.15) is 45.1 Å². The molecule has 0 aliphatic carbocycles. The fraction of sp³-hybridized carbons (Fsp3) is 0.344. The molecule has 238 valence electrons. The zero-order valence-corrected chi connectivity index (χ0v) is 27.3. The lowest BCUT2D eigenvalue weighted by molar-refractivity contribution is 0.141. The topological polar surface area (TPSA) is 133 Å². The quantitative estimate of drug-likeness (QED) is 0.124. The van der Waals surface area contributed by atoms with Gasteiger partial charge in [-0.25, -0.2) is 13.2 Å². The molecule has 5 rings (SSSR count). The summed E-state index contributed by atoms with van der Waals surface area (Å²) in [5.74, 6) is 1.09. The molecule has 0 unspecified atom stereocenters. The van der Waals surface area contributed by atoms with Crippen molar-refractivity contribution in [2.75, 3.05) is 30.8 Å². The smallest absolute Gasteiger partial charge is 0.497 e. The lowest BCUT2D eigenvalue weighted by atomic mass is 10.0. The highest BCUT2D eigenvalue weighted by atomic mass is 32.2. The molecule has 0 aliphatic rings. The first-order valence-electron chi connectivity index (χ1n) is 14.7. The summed E-state index contributed by atoms with van der Waals surface area (Å²) in [5, 5.41) is 10.5. The van der Waals surface area contributed by atoms with Gasteiger partial charge in [-0.15, -0.1) is 0 Å². The lowest BCUT2D eigenvalue weighted by Crippen LogP contribution is -2.34. The van der Waals surface area contributed by atoms with E-state index in [2.05, 4.69) is 8.75 Å². The van der Waals surface area contributed by atoms with Gasteiger partial charge in [0.2, 0.25) is 15.9 Å². The van der Waals surface area contributed by atoms with E-state index in [1.807, 2.05) is 38.1 Å². The van der Waals surface area contributed by atoms with Crippen molar-refractivity contribution < 1.29 is 32.5 Å². The van der Waals surface area contributed by atoms with Crippen LogP contribution in [0.15, 0.2) is 54.6 Å². The number of ether oxygens (including phenoxy) is 3.